The maximum absolute atomic E-state index is 13.9. The van der Waals surface area contributed by atoms with Gasteiger partial charge < -0.3 is 0 Å². The molecule has 0 aliphatic heterocycles. The summed E-state index contributed by atoms with van der Waals surface area (Å²) in [4.78, 5) is 4.05. The van der Waals surface area contributed by atoms with Crippen LogP contribution in [0.5, 0.6) is 0 Å². The predicted molar refractivity (Wildman–Crippen MR) is 50.6 cm³/mol. The number of hydrogen-bond acceptors (Lipinski definition) is 1. The highest BCUT2D eigenvalue weighted by Gasteiger charge is 2.40. The summed E-state index contributed by atoms with van der Waals surface area (Å²) in [5.74, 6) is 0. The van der Waals surface area contributed by atoms with E-state index in [1.165, 1.54) is 0 Å². The number of rotatable bonds is 1. The summed E-state index contributed by atoms with van der Waals surface area (Å²) in [6.07, 6.45) is 2.11. The van der Waals surface area contributed by atoms with Gasteiger partial charge in [0.05, 0.1) is 0 Å². The molecule has 0 bridgehead atoms. The van der Waals surface area contributed by atoms with E-state index in [0.717, 1.165) is 12.1 Å². The van der Waals surface area contributed by atoms with Gasteiger partial charge in [0, 0.05) is 11.3 Å². The van der Waals surface area contributed by atoms with Crippen LogP contribution < -0.4 is 0 Å². The number of nitrogens with zero attached hydrogens (tertiary/aromatic N) is 1. The standard InChI is InChI=1S/C10H11ClFN/c1-7-3-4-8(9(11)13-7)10(12)5-2-6-10/h3-4H,2,5-6H2,1H3. The molecule has 1 aliphatic rings. The van der Waals surface area contributed by atoms with E-state index in [2.05, 4.69) is 4.98 Å². The highest BCUT2D eigenvalue weighted by molar-refractivity contribution is 6.30. The largest absolute Gasteiger partial charge is 0.241 e. The minimum absolute atomic E-state index is 0.321. The van der Waals surface area contributed by atoms with Gasteiger partial charge >= 0.3 is 0 Å². The lowest BCUT2D eigenvalue weighted by Gasteiger charge is -2.34. The van der Waals surface area contributed by atoms with E-state index in [4.69, 9.17) is 11.6 Å². The second-order valence-corrected chi connectivity index (χ2v) is 3.97. The fourth-order valence-electron chi connectivity index (χ4n) is 1.62. The summed E-state index contributed by atoms with van der Waals surface area (Å²) in [6, 6.07) is 3.56. The highest BCUT2D eigenvalue weighted by Crippen LogP contribution is 2.46. The van der Waals surface area contributed by atoms with Crippen molar-refractivity contribution in [2.45, 2.75) is 31.9 Å². The molecule has 2 rings (SSSR count). The lowest BCUT2D eigenvalue weighted by molar-refractivity contribution is 0.0606. The fraction of sp³-hybridized carbons (Fsp3) is 0.500. The van der Waals surface area contributed by atoms with Crippen molar-refractivity contribution in [3.63, 3.8) is 0 Å². The van der Waals surface area contributed by atoms with Crippen molar-refractivity contribution in [3.05, 3.63) is 28.5 Å². The summed E-state index contributed by atoms with van der Waals surface area (Å²) in [5, 5.41) is 0.321. The fourth-order valence-corrected chi connectivity index (χ4v) is 1.98. The van der Waals surface area contributed by atoms with Crippen LogP contribution in [0.25, 0.3) is 0 Å². The SMILES string of the molecule is Cc1ccc(C2(F)CCC2)c(Cl)n1. The molecular formula is C10H11ClFN. The average molecular weight is 200 g/mol. The number of hydrogen-bond donors (Lipinski definition) is 0. The Morgan fingerprint density at radius 2 is 2.15 bits per heavy atom. The summed E-state index contributed by atoms with van der Waals surface area (Å²) in [7, 11) is 0. The number of aryl methyl sites for hydroxylation is 1. The molecule has 0 saturated heterocycles. The highest BCUT2D eigenvalue weighted by atomic mass is 35.5. The van der Waals surface area contributed by atoms with E-state index in [1.807, 2.05) is 6.92 Å². The summed E-state index contributed by atoms with van der Waals surface area (Å²) in [5.41, 5.74) is 0.195. The van der Waals surface area contributed by atoms with Gasteiger partial charge in [-0.25, -0.2) is 9.37 Å². The molecule has 1 aromatic rings. The van der Waals surface area contributed by atoms with Crippen molar-refractivity contribution in [1.29, 1.82) is 0 Å². The predicted octanol–water partition coefficient (Wildman–Crippen LogP) is 3.39. The Balaban J connectivity index is 2.40. The molecule has 0 N–H and O–H groups in total. The van der Waals surface area contributed by atoms with E-state index < -0.39 is 5.67 Å². The van der Waals surface area contributed by atoms with Gasteiger partial charge in [-0.05, 0) is 32.3 Å². The second kappa shape index (κ2) is 2.95. The third kappa shape index (κ3) is 1.44. The lowest BCUT2D eigenvalue weighted by atomic mass is 9.77. The number of alkyl halides is 1. The molecule has 1 heterocycles. The van der Waals surface area contributed by atoms with E-state index in [0.29, 0.717) is 23.6 Å². The molecule has 0 radical (unpaired) electrons. The van der Waals surface area contributed by atoms with Gasteiger partial charge in [-0.15, -0.1) is 0 Å². The first-order valence-electron chi connectivity index (χ1n) is 4.44. The first-order valence-corrected chi connectivity index (χ1v) is 4.82. The average Bonchev–Trinajstić information content (AvgIpc) is 2.00. The van der Waals surface area contributed by atoms with Gasteiger partial charge in [0.1, 0.15) is 10.8 Å². The maximum Gasteiger partial charge on any atom is 0.139 e. The number of halogens is 2. The molecule has 1 aromatic heterocycles. The molecule has 0 spiro atoms. The van der Waals surface area contributed by atoms with Crippen molar-refractivity contribution in [2.75, 3.05) is 0 Å². The van der Waals surface area contributed by atoms with Crippen LogP contribution in [0.2, 0.25) is 5.15 Å². The van der Waals surface area contributed by atoms with E-state index >= 15 is 0 Å². The zero-order chi connectivity index (χ0) is 9.47. The third-order valence-electron chi connectivity index (χ3n) is 2.62. The van der Waals surface area contributed by atoms with Crippen molar-refractivity contribution >= 4 is 11.6 Å². The summed E-state index contributed by atoms with van der Waals surface area (Å²) >= 11 is 5.88. The monoisotopic (exact) mass is 199 g/mol. The molecule has 1 saturated carbocycles. The molecule has 1 aliphatic carbocycles. The minimum Gasteiger partial charge on any atom is -0.241 e. The summed E-state index contributed by atoms with van der Waals surface area (Å²) in [6.45, 7) is 1.85. The van der Waals surface area contributed by atoms with E-state index in [1.54, 1.807) is 12.1 Å². The molecule has 0 unspecified atom stereocenters. The first-order chi connectivity index (χ1) is 6.12. The van der Waals surface area contributed by atoms with E-state index in [-0.39, 0.29) is 0 Å². The molecule has 3 heteroatoms. The topological polar surface area (TPSA) is 12.9 Å². The van der Waals surface area contributed by atoms with Crippen LogP contribution in [0.3, 0.4) is 0 Å². The summed E-state index contributed by atoms with van der Waals surface area (Å²) < 4.78 is 13.9. The van der Waals surface area contributed by atoms with Crippen LogP contribution in [-0.2, 0) is 5.67 Å². The van der Waals surface area contributed by atoms with Gasteiger partial charge in [0.15, 0.2) is 0 Å². The minimum atomic E-state index is -1.20. The zero-order valence-corrected chi connectivity index (χ0v) is 8.24. The molecule has 13 heavy (non-hydrogen) atoms. The van der Waals surface area contributed by atoms with Crippen LogP contribution in [0.1, 0.15) is 30.5 Å². The van der Waals surface area contributed by atoms with Gasteiger partial charge in [-0.3, -0.25) is 0 Å². The van der Waals surface area contributed by atoms with Crippen molar-refractivity contribution in [2.24, 2.45) is 0 Å². The third-order valence-corrected chi connectivity index (χ3v) is 2.90. The van der Waals surface area contributed by atoms with Crippen molar-refractivity contribution in [3.8, 4) is 0 Å². The quantitative estimate of drug-likeness (QED) is 0.632. The molecular weight excluding hydrogens is 189 g/mol. The Morgan fingerprint density at radius 3 is 2.62 bits per heavy atom. The molecule has 0 amide bonds. The zero-order valence-electron chi connectivity index (χ0n) is 7.48. The lowest BCUT2D eigenvalue weighted by Crippen LogP contribution is -2.29. The van der Waals surface area contributed by atoms with Gasteiger partial charge in [-0.2, -0.15) is 0 Å². The molecule has 1 nitrogen and oxygen atoms in total. The van der Waals surface area contributed by atoms with Crippen LogP contribution in [0, 0.1) is 6.92 Å². The smallest absolute Gasteiger partial charge is 0.139 e. The van der Waals surface area contributed by atoms with Crippen LogP contribution in [0.4, 0.5) is 4.39 Å². The molecule has 0 atom stereocenters. The van der Waals surface area contributed by atoms with Crippen molar-refractivity contribution < 1.29 is 4.39 Å². The Kier molecular flexibility index (Phi) is 2.03. The number of pyridine rings is 1. The van der Waals surface area contributed by atoms with Crippen LogP contribution in [-0.4, -0.2) is 4.98 Å². The molecule has 1 fully saturated rings. The van der Waals surface area contributed by atoms with Crippen LogP contribution in [0.15, 0.2) is 12.1 Å². The number of aromatic nitrogens is 1. The Morgan fingerprint density at radius 1 is 1.46 bits per heavy atom. The van der Waals surface area contributed by atoms with Crippen LogP contribution >= 0.6 is 11.6 Å². The Hall–Kier alpha value is -0.630. The van der Waals surface area contributed by atoms with Gasteiger partial charge in [0.25, 0.3) is 0 Å². The molecule has 70 valence electrons. The second-order valence-electron chi connectivity index (χ2n) is 3.61. The molecule has 0 aromatic carbocycles. The first kappa shape index (κ1) is 8.95. The maximum atomic E-state index is 13.9. The van der Waals surface area contributed by atoms with Crippen molar-refractivity contribution in [1.82, 2.24) is 4.98 Å². The normalized spacial score (nSPS) is 19.6. The Bertz CT molecular complexity index is 334. The van der Waals surface area contributed by atoms with Gasteiger partial charge in [0.2, 0.25) is 0 Å². The van der Waals surface area contributed by atoms with Gasteiger partial charge in [-0.1, -0.05) is 17.7 Å². The Labute approximate surface area is 81.9 Å². The van der Waals surface area contributed by atoms with E-state index in [9.17, 15) is 4.39 Å².